The lowest BCUT2D eigenvalue weighted by Crippen LogP contribution is -2.36. The predicted octanol–water partition coefficient (Wildman–Crippen LogP) is 3.74. The van der Waals surface area contributed by atoms with Crippen molar-refractivity contribution in [3.05, 3.63) is 63.4 Å². The lowest BCUT2D eigenvalue weighted by atomic mass is 10.1. The van der Waals surface area contributed by atoms with Gasteiger partial charge < -0.3 is 10.6 Å². The van der Waals surface area contributed by atoms with Crippen molar-refractivity contribution in [1.82, 2.24) is 25.4 Å². The molecule has 0 spiro atoms. The van der Waals surface area contributed by atoms with Crippen molar-refractivity contribution in [2.75, 3.05) is 7.05 Å². The van der Waals surface area contributed by atoms with Crippen LogP contribution in [0.2, 0.25) is 0 Å². The Morgan fingerprint density at radius 2 is 1.89 bits per heavy atom. The van der Waals surface area contributed by atoms with Crippen LogP contribution in [-0.4, -0.2) is 27.8 Å². The van der Waals surface area contributed by atoms with E-state index < -0.39 is 0 Å². The SMILES string of the molecule is CN=C(NCc1ccccc1-n1nc(C)cc1C)NCc1scnc1C.I. The van der Waals surface area contributed by atoms with Crippen LogP contribution in [0.5, 0.6) is 0 Å². The highest BCUT2D eigenvalue weighted by molar-refractivity contribution is 14.0. The first kappa shape index (κ1) is 21.4. The third-order valence-electron chi connectivity index (χ3n) is 4.16. The molecule has 6 nitrogen and oxygen atoms in total. The summed E-state index contributed by atoms with van der Waals surface area (Å²) in [6, 6.07) is 10.4. The minimum absolute atomic E-state index is 0. The molecule has 3 aromatic rings. The van der Waals surface area contributed by atoms with Crippen molar-refractivity contribution in [3.8, 4) is 5.69 Å². The predicted molar refractivity (Wildman–Crippen MR) is 122 cm³/mol. The van der Waals surface area contributed by atoms with Crippen molar-refractivity contribution in [1.29, 1.82) is 0 Å². The molecule has 144 valence electrons. The highest BCUT2D eigenvalue weighted by Gasteiger charge is 2.09. The summed E-state index contributed by atoms with van der Waals surface area (Å²) in [5, 5.41) is 11.3. The topological polar surface area (TPSA) is 67.1 Å². The van der Waals surface area contributed by atoms with Crippen LogP contribution in [0.4, 0.5) is 0 Å². The maximum Gasteiger partial charge on any atom is 0.191 e. The van der Waals surface area contributed by atoms with Gasteiger partial charge in [0.05, 0.1) is 29.1 Å². The van der Waals surface area contributed by atoms with Gasteiger partial charge in [0.25, 0.3) is 0 Å². The van der Waals surface area contributed by atoms with Gasteiger partial charge >= 0.3 is 0 Å². The van der Waals surface area contributed by atoms with Gasteiger partial charge in [-0.25, -0.2) is 9.67 Å². The maximum absolute atomic E-state index is 4.61. The van der Waals surface area contributed by atoms with E-state index in [1.807, 2.05) is 36.2 Å². The number of thiazole rings is 1. The second kappa shape index (κ2) is 9.84. The number of hydrogen-bond donors (Lipinski definition) is 2. The third-order valence-corrected chi connectivity index (χ3v) is 5.10. The van der Waals surface area contributed by atoms with Gasteiger partial charge in [0.2, 0.25) is 0 Å². The smallest absolute Gasteiger partial charge is 0.191 e. The van der Waals surface area contributed by atoms with Gasteiger partial charge in [-0.2, -0.15) is 5.10 Å². The molecule has 0 saturated carbocycles. The first-order valence-electron chi connectivity index (χ1n) is 8.53. The van der Waals surface area contributed by atoms with Gasteiger partial charge in [0.1, 0.15) is 0 Å². The van der Waals surface area contributed by atoms with E-state index in [1.54, 1.807) is 18.4 Å². The van der Waals surface area contributed by atoms with E-state index >= 15 is 0 Å². The molecule has 0 bridgehead atoms. The van der Waals surface area contributed by atoms with E-state index in [-0.39, 0.29) is 24.0 Å². The maximum atomic E-state index is 4.61. The largest absolute Gasteiger partial charge is 0.352 e. The molecule has 0 aliphatic carbocycles. The molecule has 0 amide bonds. The molecule has 0 saturated heterocycles. The second-order valence-corrected chi connectivity index (χ2v) is 7.05. The molecule has 3 rings (SSSR count). The Kier molecular flexibility index (Phi) is 7.78. The van der Waals surface area contributed by atoms with Crippen LogP contribution in [0.25, 0.3) is 5.69 Å². The number of nitrogens with one attached hydrogen (secondary N) is 2. The van der Waals surface area contributed by atoms with Crippen molar-refractivity contribution in [2.45, 2.75) is 33.9 Å². The molecule has 2 N–H and O–H groups in total. The highest BCUT2D eigenvalue weighted by atomic mass is 127. The van der Waals surface area contributed by atoms with Crippen LogP contribution in [0, 0.1) is 20.8 Å². The number of rotatable bonds is 5. The average molecular weight is 496 g/mol. The first-order valence-corrected chi connectivity index (χ1v) is 9.41. The molecule has 8 heteroatoms. The summed E-state index contributed by atoms with van der Waals surface area (Å²) in [5.74, 6) is 0.765. The normalized spacial score (nSPS) is 11.2. The fourth-order valence-electron chi connectivity index (χ4n) is 2.80. The monoisotopic (exact) mass is 496 g/mol. The zero-order valence-corrected chi connectivity index (χ0v) is 19.1. The van der Waals surface area contributed by atoms with Gasteiger partial charge in [0.15, 0.2) is 5.96 Å². The minimum atomic E-state index is 0. The molecule has 0 aliphatic rings. The molecule has 27 heavy (non-hydrogen) atoms. The number of aryl methyl sites for hydroxylation is 3. The summed E-state index contributed by atoms with van der Waals surface area (Å²) < 4.78 is 1.99. The molecular weight excluding hydrogens is 471 g/mol. The number of aliphatic imine (C=N–C) groups is 1. The Morgan fingerprint density at radius 3 is 2.52 bits per heavy atom. The first-order chi connectivity index (χ1) is 12.6. The van der Waals surface area contributed by atoms with Gasteiger partial charge in [-0.15, -0.1) is 35.3 Å². The standard InChI is InChI=1S/C19H24N6S.HI/c1-13-9-14(2)25(24-13)17-8-6-5-7-16(17)10-21-19(20-4)22-11-18-15(3)23-12-26-18;/h5-9,12H,10-11H2,1-4H3,(H2,20,21,22);1H. The Bertz CT molecular complexity index is 915. The van der Waals surface area contributed by atoms with Gasteiger partial charge in [-0.1, -0.05) is 18.2 Å². The molecule has 2 heterocycles. The van der Waals surface area contributed by atoms with Gasteiger partial charge in [0, 0.05) is 24.2 Å². The quantitative estimate of drug-likeness (QED) is 0.321. The number of para-hydroxylation sites is 1. The Labute approximate surface area is 181 Å². The van der Waals surface area contributed by atoms with Gasteiger partial charge in [-0.05, 0) is 38.5 Å². The van der Waals surface area contributed by atoms with Crippen molar-refractivity contribution in [2.24, 2.45) is 4.99 Å². The summed E-state index contributed by atoms with van der Waals surface area (Å²) in [7, 11) is 1.78. The van der Waals surface area contributed by atoms with E-state index in [2.05, 4.69) is 50.8 Å². The minimum Gasteiger partial charge on any atom is -0.352 e. The Morgan fingerprint density at radius 1 is 1.15 bits per heavy atom. The summed E-state index contributed by atoms with van der Waals surface area (Å²) >= 11 is 1.65. The van der Waals surface area contributed by atoms with E-state index in [0.29, 0.717) is 6.54 Å². The lowest BCUT2D eigenvalue weighted by Gasteiger charge is -2.15. The van der Waals surface area contributed by atoms with Crippen LogP contribution in [0.1, 0.15) is 27.5 Å². The zero-order chi connectivity index (χ0) is 18.5. The molecule has 1 aromatic carbocycles. The molecule has 0 atom stereocenters. The van der Waals surface area contributed by atoms with Crippen LogP contribution in [-0.2, 0) is 13.1 Å². The van der Waals surface area contributed by atoms with Crippen LogP contribution in [0.15, 0.2) is 40.8 Å². The molecule has 2 aromatic heterocycles. The molecular formula is C19H25IN6S. The summed E-state index contributed by atoms with van der Waals surface area (Å²) in [6.45, 7) is 7.49. The highest BCUT2D eigenvalue weighted by Crippen LogP contribution is 2.17. The Balaban J connectivity index is 0.00000261. The van der Waals surface area contributed by atoms with Crippen LogP contribution >= 0.6 is 35.3 Å². The van der Waals surface area contributed by atoms with E-state index in [4.69, 9.17) is 0 Å². The summed E-state index contributed by atoms with van der Waals surface area (Å²) in [4.78, 5) is 9.81. The zero-order valence-electron chi connectivity index (χ0n) is 16.0. The molecule has 0 unspecified atom stereocenters. The number of halogens is 1. The molecule has 0 aliphatic heterocycles. The fraction of sp³-hybridized carbons (Fsp3) is 0.316. The van der Waals surface area contributed by atoms with E-state index in [9.17, 15) is 0 Å². The van der Waals surface area contributed by atoms with Crippen molar-refractivity contribution >= 4 is 41.3 Å². The fourth-order valence-corrected chi connectivity index (χ4v) is 3.52. The Hall–Kier alpha value is -1.94. The van der Waals surface area contributed by atoms with E-state index in [0.717, 1.165) is 40.8 Å². The second-order valence-electron chi connectivity index (χ2n) is 6.11. The number of hydrogen-bond acceptors (Lipinski definition) is 4. The van der Waals surface area contributed by atoms with Crippen LogP contribution in [0.3, 0.4) is 0 Å². The van der Waals surface area contributed by atoms with E-state index in [1.165, 1.54) is 4.88 Å². The lowest BCUT2D eigenvalue weighted by molar-refractivity contribution is 0.782. The van der Waals surface area contributed by atoms with Crippen molar-refractivity contribution in [3.63, 3.8) is 0 Å². The number of nitrogens with zero attached hydrogens (tertiary/aromatic N) is 4. The molecule has 0 fully saturated rings. The number of aromatic nitrogens is 3. The van der Waals surface area contributed by atoms with Crippen LogP contribution < -0.4 is 10.6 Å². The van der Waals surface area contributed by atoms with Gasteiger partial charge in [-0.3, -0.25) is 4.99 Å². The number of guanidine groups is 1. The average Bonchev–Trinajstić information content (AvgIpc) is 3.20. The van der Waals surface area contributed by atoms with Crippen molar-refractivity contribution < 1.29 is 0 Å². The molecule has 0 radical (unpaired) electrons. The third kappa shape index (κ3) is 5.29. The number of benzene rings is 1. The summed E-state index contributed by atoms with van der Waals surface area (Å²) in [6.07, 6.45) is 0. The summed E-state index contributed by atoms with van der Waals surface area (Å²) in [5.41, 5.74) is 7.32.